The van der Waals surface area contributed by atoms with E-state index in [0.717, 1.165) is 5.56 Å². The fourth-order valence-electron chi connectivity index (χ4n) is 1.37. The fourth-order valence-corrected chi connectivity index (χ4v) is 1.37. The van der Waals surface area contributed by atoms with Crippen molar-refractivity contribution in [3.63, 3.8) is 0 Å². The summed E-state index contributed by atoms with van der Waals surface area (Å²) in [5.74, 6) is 0. The second-order valence-electron chi connectivity index (χ2n) is 3.39. The molecule has 0 amide bonds. The van der Waals surface area contributed by atoms with Crippen LogP contribution in [0.15, 0.2) is 30.3 Å². The van der Waals surface area contributed by atoms with Crippen LogP contribution in [-0.2, 0) is 14.0 Å². The van der Waals surface area contributed by atoms with E-state index >= 15 is 0 Å². The van der Waals surface area contributed by atoms with Crippen LogP contribution in [0.1, 0.15) is 32.4 Å². The van der Waals surface area contributed by atoms with Gasteiger partial charge < -0.3 is 14.0 Å². The summed E-state index contributed by atoms with van der Waals surface area (Å²) >= 11 is 0. The van der Waals surface area contributed by atoms with E-state index in [1.807, 2.05) is 51.1 Å². The molecule has 1 aromatic rings. The van der Waals surface area contributed by atoms with Crippen molar-refractivity contribution in [1.82, 2.24) is 0 Å². The minimum Gasteiger partial charge on any atom is -0.386 e. The van der Waals surface area contributed by atoms with E-state index in [-0.39, 0.29) is 6.10 Å². The van der Waals surface area contributed by atoms with Crippen LogP contribution in [0.2, 0.25) is 0 Å². The van der Waals surface area contributed by atoms with Gasteiger partial charge in [0.1, 0.15) is 0 Å². The molecule has 0 radical (unpaired) electrons. The average molecular weight is 222 g/mol. The van der Waals surface area contributed by atoms with Gasteiger partial charge in [-0.25, -0.2) is 0 Å². The Morgan fingerprint density at radius 3 is 2.12 bits per heavy atom. The molecule has 88 valence electrons. The number of benzene rings is 1. The molecule has 1 aromatic carbocycles. The molecule has 0 fully saturated rings. The fraction of sp³-hybridized carbons (Fsp3) is 0.500. The van der Waals surface area contributed by atoms with Crippen LogP contribution in [0.4, 0.5) is 0 Å². The van der Waals surface area contributed by atoms with Gasteiger partial charge in [-0.05, 0) is 26.3 Å². The predicted octanol–water partition coefficient (Wildman–Crippen LogP) is 2.82. The lowest BCUT2D eigenvalue weighted by Gasteiger charge is -2.18. The molecule has 0 bridgehead atoms. The molecule has 0 saturated carbocycles. The Labute approximate surface area is 97.9 Å². The van der Waals surface area contributed by atoms with Crippen molar-refractivity contribution in [3.8, 4) is 0 Å². The van der Waals surface area contributed by atoms with Gasteiger partial charge in [0.15, 0.2) is 0 Å². The number of hydrogen-bond acceptors (Lipinski definition) is 3. The number of rotatable bonds is 7. The second-order valence-corrected chi connectivity index (χ2v) is 3.39. The first-order chi connectivity index (χ1) is 7.77. The lowest BCUT2D eigenvalue weighted by atomic mass is 10.1. The maximum atomic E-state index is 5.67. The first-order valence-electron chi connectivity index (χ1n) is 5.71. The van der Waals surface area contributed by atoms with Crippen LogP contribution in [-0.4, -0.2) is 20.5 Å². The molecule has 0 heterocycles. The zero-order valence-corrected chi connectivity index (χ0v) is 10.2. The quantitative estimate of drug-likeness (QED) is 0.664. The van der Waals surface area contributed by atoms with Crippen LogP contribution in [0.3, 0.4) is 0 Å². The average Bonchev–Trinajstić information content (AvgIpc) is 2.31. The van der Waals surface area contributed by atoms with E-state index in [2.05, 4.69) is 0 Å². The molecule has 4 heteroatoms. The van der Waals surface area contributed by atoms with Crippen molar-refractivity contribution in [2.75, 3.05) is 13.2 Å². The Balaban J connectivity index is 2.50. The van der Waals surface area contributed by atoms with Gasteiger partial charge >= 0.3 is 7.32 Å². The van der Waals surface area contributed by atoms with E-state index < -0.39 is 7.32 Å². The van der Waals surface area contributed by atoms with E-state index in [0.29, 0.717) is 13.2 Å². The van der Waals surface area contributed by atoms with Crippen molar-refractivity contribution >= 4 is 7.32 Å². The van der Waals surface area contributed by atoms with E-state index in [4.69, 9.17) is 14.0 Å². The van der Waals surface area contributed by atoms with E-state index in [1.54, 1.807) is 0 Å². The Morgan fingerprint density at radius 2 is 1.62 bits per heavy atom. The molecule has 0 aliphatic carbocycles. The third-order valence-corrected chi connectivity index (χ3v) is 2.19. The molecule has 0 N–H and O–H groups in total. The highest BCUT2D eigenvalue weighted by atomic mass is 16.7. The molecule has 0 aliphatic rings. The topological polar surface area (TPSA) is 27.7 Å². The SMILES string of the molecule is CCOB(OCC)OC(C)c1ccccc1. The Hall–Kier alpha value is -0.835. The van der Waals surface area contributed by atoms with Crippen molar-refractivity contribution in [1.29, 1.82) is 0 Å². The van der Waals surface area contributed by atoms with E-state index in [9.17, 15) is 0 Å². The largest absolute Gasteiger partial charge is 0.639 e. The first-order valence-corrected chi connectivity index (χ1v) is 5.71. The van der Waals surface area contributed by atoms with Crippen LogP contribution >= 0.6 is 0 Å². The summed E-state index contributed by atoms with van der Waals surface area (Å²) in [6.45, 7) is 6.98. The zero-order chi connectivity index (χ0) is 11.8. The maximum Gasteiger partial charge on any atom is 0.639 e. The van der Waals surface area contributed by atoms with Gasteiger partial charge in [0, 0.05) is 13.2 Å². The maximum absolute atomic E-state index is 5.67. The van der Waals surface area contributed by atoms with Gasteiger partial charge in [0.05, 0.1) is 6.10 Å². The lowest BCUT2D eigenvalue weighted by Crippen LogP contribution is -2.28. The Kier molecular flexibility index (Phi) is 6.15. The highest BCUT2D eigenvalue weighted by Gasteiger charge is 2.23. The zero-order valence-electron chi connectivity index (χ0n) is 10.2. The van der Waals surface area contributed by atoms with E-state index in [1.165, 1.54) is 0 Å². The van der Waals surface area contributed by atoms with Gasteiger partial charge in [-0.2, -0.15) is 0 Å². The monoisotopic (exact) mass is 222 g/mol. The summed E-state index contributed by atoms with van der Waals surface area (Å²) in [7, 11) is -0.579. The summed E-state index contributed by atoms with van der Waals surface area (Å²) in [4.78, 5) is 0. The second kappa shape index (κ2) is 7.44. The van der Waals surface area contributed by atoms with Gasteiger partial charge in [-0.15, -0.1) is 0 Å². The number of hydrogen-bond donors (Lipinski definition) is 0. The molecule has 0 aliphatic heterocycles. The summed E-state index contributed by atoms with van der Waals surface area (Å²) in [5, 5.41) is 0. The first kappa shape index (κ1) is 13.2. The van der Waals surface area contributed by atoms with Gasteiger partial charge in [-0.3, -0.25) is 0 Å². The lowest BCUT2D eigenvalue weighted by molar-refractivity contribution is 0.0700. The molecule has 1 rings (SSSR count). The van der Waals surface area contributed by atoms with Gasteiger partial charge in [-0.1, -0.05) is 30.3 Å². The van der Waals surface area contributed by atoms with Crippen LogP contribution < -0.4 is 0 Å². The normalized spacial score (nSPS) is 12.4. The molecule has 0 saturated heterocycles. The highest BCUT2D eigenvalue weighted by molar-refractivity contribution is 6.36. The Morgan fingerprint density at radius 1 is 1.06 bits per heavy atom. The predicted molar refractivity (Wildman–Crippen MR) is 64.9 cm³/mol. The van der Waals surface area contributed by atoms with Gasteiger partial charge in [0.2, 0.25) is 0 Å². The molecule has 1 unspecified atom stereocenters. The standard InChI is InChI=1S/C12H19BO3/c1-4-14-13(15-5-2)16-11(3)12-9-7-6-8-10-12/h6-11H,4-5H2,1-3H3. The Bertz CT molecular complexity index is 273. The molecule has 3 nitrogen and oxygen atoms in total. The van der Waals surface area contributed by atoms with Crippen molar-refractivity contribution in [2.45, 2.75) is 26.9 Å². The molecule has 1 atom stereocenters. The third-order valence-electron chi connectivity index (χ3n) is 2.19. The van der Waals surface area contributed by atoms with Crippen LogP contribution in [0, 0.1) is 0 Å². The van der Waals surface area contributed by atoms with Crippen molar-refractivity contribution in [2.24, 2.45) is 0 Å². The summed E-state index contributed by atoms with van der Waals surface area (Å²) < 4.78 is 16.3. The summed E-state index contributed by atoms with van der Waals surface area (Å²) in [6.07, 6.45) is -0.0377. The molecular formula is C12H19BO3. The summed E-state index contributed by atoms with van der Waals surface area (Å²) in [5.41, 5.74) is 1.12. The highest BCUT2D eigenvalue weighted by Crippen LogP contribution is 2.17. The molecular weight excluding hydrogens is 203 g/mol. The van der Waals surface area contributed by atoms with Crippen LogP contribution in [0.25, 0.3) is 0 Å². The third kappa shape index (κ3) is 4.35. The molecule has 16 heavy (non-hydrogen) atoms. The molecule has 0 spiro atoms. The van der Waals surface area contributed by atoms with Crippen molar-refractivity contribution in [3.05, 3.63) is 35.9 Å². The van der Waals surface area contributed by atoms with Gasteiger partial charge in [0.25, 0.3) is 0 Å². The minimum absolute atomic E-state index is 0.0377. The smallest absolute Gasteiger partial charge is 0.386 e. The van der Waals surface area contributed by atoms with Crippen molar-refractivity contribution < 1.29 is 14.0 Å². The van der Waals surface area contributed by atoms with Crippen LogP contribution in [0.5, 0.6) is 0 Å². The minimum atomic E-state index is -0.579. The molecule has 0 aromatic heterocycles. The summed E-state index contributed by atoms with van der Waals surface area (Å²) in [6, 6.07) is 10.0.